The fraction of sp³-hybridized carbons (Fsp3) is 0.400. The minimum absolute atomic E-state index is 0.524. The molecule has 0 aliphatic carbocycles. The summed E-state index contributed by atoms with van der Waals surface area (Å²) in [7, 11) is 0. The van der Waals surface area contributed by atoms with E-state index in [1.54, 1.807) is 11.3 Å². The largest absolute Gasteiger partial charge is 0.304 e. The maximum atomic E-state index is 4.85. The number of aromatic nitrogens is 1. The lowest BCUT2D eigenvalue weighted by molar-refractivity contribution is 0.140. The second kappa shape index (κ2) is 4.02. The van der Waals surface area contributed by atoms with E-state index in [0.717, 1.165) is 16.0 Å². The molecule has 3 nitrogen and oxygen atoms in total. The lowest BCUT2D eigenvalue weighted by Gasteiger charge is -1.91. The molecular formula is C5H7BrN2OS. The smallest absolute Gasteiger partial charge is 0.159 e. The number of thiazole rings is 1. The molecule has 10 heavy (non-hydrogen) atoms. The highest BCUT2D eigenvalue weighted by Crippen LogP contribution is 2.15. The lowest BCUT2D eigenvalue weighted by Crippen LogP contribution is -2.03. The summed E-state index contributed by atoms with van der Waals surface area (Å²) in [5, 5.41) is 1.98. The summed E-state index contributed by atoms with van der Waals surface area (Å²) < 4.78 is 0.902. The fourth-order valence-electron chi connectivity index (χ4n) is 0.561. The molecule has 0 unspecified atom stereocenters. The molecule has 0 aromatic carbocycles. The van der Waals surface area contributed by atoms with E-state index in [9.17, 15) is 0 Å². The van der Waals surface area contributed by atoms with Crippen LogP contribution in [-0.2, 0) is 11.3 Å². The first-order chi connectivity index (χ1) is 4.83. The number of nitrogens with two attached hydrogens (primary N) is 1. The molecular weight excluding hydrogens is 216 g/mol. The Labute approximate surface area is 71.3 Å². The Hall–Kier alpha value is 0.0300. The Kier molecular flexibility index (Phi) is 3.27. The van der Waals surface area contributed by atoms with Crippen molar-refractivity contribution in [2.45, 2.75) is 6.42 Å². The van der Waals surface area contributed by atoms with Gasteiger partial charge in [0.2, 0.25) is 0 Å². The average Bonchev–Trinajstić information content (AvgIpc) is 2.31. The van der Waals surface area contributed by atoms with Gasteiger partial charge in [0.25, 0.3) is 0 Å². The Morgan fingerprint density at radius 3 is 3.10 bits per heavy atom. The first-order valence-corrected chi connectivity index (χ1v) is 4.42. The normalized spacial score (nSPS) is 10.2. The zero-order chi connectivity index (χ0) is 7.40. The highest BCUT2D eigenvalue weighted by Gasteiger charge is 1.97. The van der Waals surface area contributed by atoms with Gasteiger partial charge in [-0.1, -0.05) is 0 Å². The minimum atomic E-state index is 0.524. The van der Waals surface area contributed by atoms with Crippen molar-refractivity contribution < 1.29 is 4.84 Å². The zero-order valence-electron chi connectivity index (χ0n) is 5.21. The van der Waals surface area contributed by atoms with Crippen molar-refractivity contribution >= 4 is 27.3 Å². The molecule has 56 valence electrons. The summed E-state index contributed by atoms with van der Waals surface area (Å²) in [5.74, 6) is 4.85. The molecule has 0 saturated heterocycles. The van der Waals surface area contributed by atoms with Crippen molar-refractivity contribution in [2.75, 3.05) is 6.61 Å². The average molecular weight is 223 g/mol. The van der Waals surface area contributed by atoms with Crippen molar-refractivity contribution in [3.05, 3.63) is 15.0 Å². The van der Waals surface area contributed by atoms with Crippen molar-refractivity contribution in [2.24, 2.45) is 5.90 Å². The van der Waals surface area contributed by atoms with Gasteiger partial charge in [0.15, 0.2) is 3.92 Å². The number of rotatable bonds is 3. The van der Waals surface area contributed by atoms with Crippen LogP contribution in [0.4, 0.5) is 0 Å². The van der Waals surface area contributed by atoms with E-state index in [-0.39, 0.29) is 0 Å². The van der Waals surface area contributed by atoms with Crippen LogP contribution < -0.4 is 5.90 Å². The SMILES string of the molecule is NOCCc1csc(Br)n1. The first kappa shape index (κ1) is 8.13. The van der Waals surface area contributed by atoms with E-state index >= 15 is 0 Å². The van der Waals surface area contributed by atoms with Gasteiger partial charge in [-0.3, -0.25) is 0 Å². The van der Waals surface area contributed by atoms with E-state index in [1.807, 2.05) is 5.38 Å². The van der Waals surface area contributed by atoms with Gasteiger partial charge < -0.3 is 4.84 Å². The minimum Gasteiger partial charge on any atom is -0.304 e. The van der Waals surface area contributed by atoms with Crippen LogP contribution in [0, 0.1) is 0 Å². The second-order valence-corrected chi connectivity index (χ2v) is 3.85. The Morgan fingerprint density at radius 1 is 1.80 bits per heavy atom. The topological polar surface area (TPSA) is 48.1 Å². The molecule has 0 aliphatic heterocycles. The highest BCUT2D eigenvalue weighted by atomic mass is 79.9. The zero-order valence-corrected chi connectivity index (χ0v) is 7.61. The summed E-state index contributed by atoms with van der Waals surface area (Å²) in [6.07, 6.45) is 0.776. The predicted molar refractivity (Wildman–Crippen MR) is 43.7 cm³/mol. The van der Waals surface area contributed by atoms with Gasteiger partial charge in [0, 0.05) is 11.8 Å². The Bertz CT molecular complexity index is 203. The van der Waals surface area contributed by atoms with Crippen LogP contribution in [0.3, 0.4) is 0 Å². The van der Waals surface area contributed by atoms with Crippen molar-refractivity contribution in [3.8, 4) is 0 Å². The van der Waals surface area contributed by atoms with Gasteiger partial charge in [0.05, 0.1) is 12.3 Å². The van der Waals surface area contributed by atoms with Crippen LogP contribution in [0.5, 0.6) is 0 Å². The molecule has 1 heterocycles. The molecule has 0 radical (unpaired) electrons. The standard InChI is InChI=1S/C5H7BrN2OS/c6-5-8-4(3-10-5)1-2-9-7/h3H,1-2,7H2. The van der Waals surface area contributed by atoms with E-state index < -0.39 is 0 Å². The summed E-state index contributed by atoms with van der Waals surface area (Å²) in [5.41, 5.74) is 1.02. The molecule has 5 heteroatoms. The highest BCUT2D eigenvalue weighted by molar-refractivity contribution is 9.11. The quantitative estimate of drug-likeness (QED) is 0.786. The van der Waals surface area contributed by atoms with Crippen molar-refractivity contribution in [1.29, 1.82) is 0 Å². The van der Waals surface area contributed by atoms with Gasteiger partial charge in [-0.05, 0) is 15.9 Å². The van der Waals surface area contributed by atoms with Crippen LogP contribution in [0.2, 0.25) is 0 Å². The lowest BCUT2D eigenvalue weighted by atomic mass is 10.4. The van der Waals surface area contributed by atoms with Gasteiger partial charge in [-0.25, -0.2) is 10.9 Å². The van der Waals surface area contributed by atoms with Gasteiger partial charge in [0.1, 0.15) is 0 Å². The van der Waals surface area contributed by atoms with E-state index in [0.29, 0.717) is 6.61 Å². The monoisotopic (exact) mass is 222 g/mol. The summed E-state index contributed by atoms with van der Waals surface area (Å²) in [6.45, 7) is 0.524. The molecule has 0 atom stereocenters. The molecule has 1 rings (SSSR count). The summed E-state index contributed by atoms with van der Waals surface area (Å²) in [6, 6.07) is 0. The molecule has 1 aromatic heterocycles. The molecule has 0 aliphatic rings. The predicted octanol–water partition coefficient (Wildman–Crippen LogP) is 1.34. The Morgan fingerprint density at radius 2 is 2.60 bits per heavy atom. The fourth-order valence-corrected chi connectivity index (χ4v) is 1.64. The first-order valence-electron chi connectivity index (χ1n) is 2.74. The maximum absolute atomic E-state index is 4.85. The van der Waals surface area contributed by atoms with Crippen molar-refractivity contribution in [3.63, 3.8) is 0 Å². The summed E-state index contributed by atoms with van der Waals surface area (Å²) in [4.78, 5) is 8.55. The van der Waals surface area contributed by atoms with Crippen LogP contribution in [0.25, 0.3) is 0 Å². The molecule has 0 spiro atoms. The number of halogens is 1. The van der Waals surface area contributed by atoms with E-state index in [1.165, 1.54) is 0 Å². The molecule has 0 fully saturated rings. The van der Waals surface area contributed by atoms with Gasteiger partial charge in [-0.2, -0.15) is 0 Å². The molecule has 0 saturated carbocycles. The van der Waals surface area contributed by atoms with Crippen LogP contribution >= 0.6 is 27.3 Å². The third kappa shape index (κ3) is 2.34. The molecule has 1 aromatic rings. The van der Waals surface area contributed by atoms with Crippen LogP contribution in [-0.4, -0.2) is 11.6 Å². The van der Waals surface area contributed by atoms with Crippen LogP contribution in [0.1, 0.15) is 5.69 Å². The molecule has 0 amide bonds. The Balaban J connectivity index is 2.42. The van der Waals surface area contributed by atoms with Crippen molar-refractivity contribution in [1.82, 2.24) is 4.98 Å². The number of hydrogen-bond donors (Lipinski definition) is 1. The van der Waals surface area contributed by atoms with Gasteiger partial charge >= 0.3 is 0 Å². The maximum Gasteiger partial charge on any atom is 0.159 e. The van der Waals surface area contributed by atoms with E-state index in [4.69, 9.17) is 5.90 Å². The number of hydrogen-bond acceptors (Lipinski definition) is 4. The molecule has 2 N–H and O–H groups in total. The van der Waals surface area contributed by atoms with Gasteiger partial charge in [-0.15, -0.1) is 11.3 Å². The summed E-state index contributed by atoms with van der Waals surface area (Å²) >= 11 is 4.82. The second-order valence-electron chi connectivity index (χ2n) is 1.71. The third-order valence-electron chi connectivity index (χ3n) is 1.000. The third-order valence-corrected chi connectivity index (χ3v) is 2.41. The number of nitrogens with zero attached hydrogens (tertiary/aromatic N) is 1. The van der Waals surface area contributed by atoms with E-state index in [2.05, 4.69) is 25.8 Å². The van der Waals surface area contributed by atoms with Crippen LogP contribution in [0.15, 0.2) is 9.30 Å². The molecule has 0 bridgehead atoms.